The standard InChI is InChI=1S/C16H20O3S/c1-2-20(18,19)11-5-8-16(17)15-10-9-13-6-3-4-7-14(13)12-15/h3-4,6-7,9-10,12,16-17H,2,5,8,11H2,1H3. The average molecular weight is 292 g/mol. The predicted molar refractivity (Wildman–Crippen MR) is 82.5 cm³/mol. The molecule has 2 aromatic carbocycles. The highest BCUT2D eigenvalue weighted by molar-refractivity contribution is 7.91. The van der Waals surface area contributed by atoms with E-state index < -0.39 is 15.9 Å². The number of sulfone groups is 1. The van der Waals surface area contributed by atoms with Crippen molar-refractivity contribution < 1.29 is 13.5 Å². The highest BCUT2D eigenvalue weighted by Gasteiger charge is 2.11. The Morgan fingerprint density at radius 3 is 2.50 bits per heavy atom. The third-order valence-corrected chi connectivity index (χ3v) is 5.32. The van der Waals surface area contributed by atoms with Crippen molar-refractivity contribution in [2.24, 2.45) is 0 Å². The Bertz CT molecular complexity index is 677. The van der Waals surface area contributed by atoms with Gasteiger partial charge in [-0.25, -0.2) is 8.42 Å². The molecule has 3 nitrogen and oxygen atoms in total. The number of aliphatic hydroxyl groups is 1. The van der Waals surface area contributed by atoms with Crippen LogP contribution >= 0.6 is 0 Å². The van der Waals surface area contributed by atoms with E-state index in [1.54, 1.807) is 6.92 Å². The number of hydrogen-bond donors (Lipinski definition) is 1. The number of hydrogen-bond acceptors (Lipinski definition) is 3. The largest absolute Gasteiger partial charge is 0.388 e. The van der Waals surface area contributed by atoms with Crippen molar-refractivity contribution in [3.8, 4) is 0 Å². The Morgan fingerprint density at radius 2 is 1.80 bits per heavy atom. The lowest BCUT2D eigenvalue weighted by molar-refractivity contribution is 0.167. The van der Waals surface area contributed by atoms with E-state index >= 15 is 0 Å². The van der Waals surface area contributed by atoms with Gasteiger partial charge in [-0.2, -0.15) is 0 Å². The minimum Gasteiger partial charge on any atom is -0.388 e. The van der Waals surface area contributed by atoms with Crippen LogP contribution in [0.25, 0.3) is 10.8 Å². The van der Waals surface area contributed by atoms with E-state index in [0.717, 1.165) is 16.3 Å². The second kappa shape index (κ2) is 6.37. The molecule has 4 heteroatoms. The molecule has 0 saturated carbocycles. The first kappa shape index (κ1) is 15.0. The summed E-state index contributed by atoms with van der Waals surface area (Å²) in [6.07, 6.45) is 0.355. The Balaban J connectivity index is 2.02. The lowest BCUT2D eigenvalue weighted by atomic mass is 10.0. The number of benzene rings is 2. The summed E-state index contributed by atoms with van der Waals surface area (Å²) in [5.74, 6) is 0.313. The van der Waals surface area contributed by atoms with Gasteiger partial charge in [-0.15, -0.1) is 0 Å². The van der Waals surface area contributed by atoms with Gasteiger partial charge in [0.1, 0.15) is 9.84 Å². The maximum absolute atomic E-state index is 11.4. The van der Waals surface area contributed by atoms with Crippen molar-refractivity contribution in [1.82, 2.24) is 0 Å². The molecule has 2 aromatic rings. The Morgan fingerprint density at radius 1 is 1.10 bits per heavy atom. The Hall–Kier alpha value is -1.39. The van der Waals surface area contributed by atoms with Crippen LogP contribution in [0, 0.1) is 0 Å². The number of fused-ring (bicyclic) bond motifs is 1. The van der Waals surface area contributed by atoms with Crippen LogP contribution in [0.1, 0.15) is 31.4 Å². The summed E-state index contributed by atoms with van der Waals surface area (Å²) in [4.78, 5) is 0. The summed E-state index contributed by atoms with van der Waals surface area (Å²) in [6, 6.07) is 13.8. The monoisotopic (exact) mass is 292 g/mol. The summed E-state index contributed by atoms with van der Waals surface area (Å²) in [6.45, 7) is 1.65. The molecule has 0 radical (unpaired) electrons. The van der Waals surface area contributed by atoms with E-state index in [1.807, 2.05) is 42.5 Å². The zero-order valence-corrected chi connectivity index (χ0v) is 12.4. The molecule has 108 valence electrons. The van der Waals surface area contributed by atoms with Crippen molar-refractivity contribution in [3.05, 3.63) is 48.0 Å². The maximum Gasteiger partial charge on any atom is 0.150 e. The molecular formula is C16H20O3S. The SMILES string of the molecule is CCS(=O)(=O)CCCC(O)c1ccc2ccccc2c1. The molecule has 0 aliphatic carbocycles. The van der Waals surface area contributed by atoms with E-state index in [9.17, 15) is 13.5 Å². The predicted octanol–water partition coefficient (Wildman–Crippen LogP) is 3.09. The van der Waals surface area contributed by atoms with Gasteiger partial charge in [0, 0.05) is 5.75 Å². The van der Waals surface area contributed by atoms with E-state index in [-0.39, 0.29) is 11.5 Å². The van der Waals surface area contributed by atoms with Gasteiger partial charge in [0.05, 0.1) is 11.9 Å². The van der Waals surface area contributed by atoms with Crippen LogP contribution in [0.5, 0.6) is 0 Å². The van der Waals surface area contributed by atoms with Crippen molar-refractivity contribution in [1.29, 1.82) is 0 Å². The second-order valence-electron chi connectivity index (χ2n) is 5.00. The fourth-order valence-electron chi connectivity index (χ4n) is 2.22. The van der Waals surface area contributed by atoms with E-state index in [1.165, 1.54) is 0 Å². The summed E-state index contributed by atoms with van der Waals surface area (Å²) in [5.41, 5.74) is 0.845. The van der Waals surface area contributed by atoms with Crippen LogP contribution in [0.2, 0.25) is 0 Å². The quantitative estimate of drug-likeness (QED) is 0.890. The zero-order chi connectivity index (χ0) is 14.6. The van der Waals surface area contributed by atoms with E-state index in [0.29, 0.717) is 12.8 Å². The van der Waals surface area contributed by atoms with Crippen LogP contribution in [-0.2, 0) is 9.84 Å². The molecule has 0 bridgehead atoms. The first-order chi connectivity index (χ1) is 9.52. The maximum atomic E-state index is 11.4. The molecule has 0 aliphatic heterocycles. The van der Waals surface area contributed by atoms with Gasteiger partial charge in [0.2, 0.25) is 0 Å². The van der Waals surface area contributed by atoms with Gasteiger partial charge >= 0.3 is 0 Å². The summed E-state index contributed by atoms with van der Waals surface area (Å²) in [7, 11) is -2.94. The fraction of sp³-hybridized carbons (Fsp3) is 0.375. The first-order valence-corrected chi connectivity index (χ1v) is 8.71. The Kier molecular flexibility index (Phi) is 4.78. The van der Waals surface area contributed by atoms with Gasteiger partial charge in [0.25, 0.3) is 0 Å². The first-order valence-electron chi connectivity index (χ1n) is 6.89. The molecule has 0 amide bonds. The van der Waals surface area contributed by atoms with Crippen molar-refractivity contribution in [2.75, 3.05) is 11.5 Å². The average Bonchev–Trinajstić information content (AvgIpc) is 2.46. The third kappa shape index (κ3) is 3.81. The molecule has 0 aromatic heterocycles. The van der Waals surface area contributed by atoms with Crippen LogP contribution in [0.3, 0.4) is 0 Å². The van der Waals surface area contributed by atoms with Gasteiger partial charge in [-0.3, -0.25) is 0 Å². The lowest BCUT2D eigenvalue weighted by Crippen LogP contribution is -2.10. The van der Waals surface area contributed by atoms with Gasteiger partial charge in [0.15, 0.2) is 0 Å². The van der Waals surface area contributed by atoms with E-state index in [4.69, 9.17) is 0 Å². The topological polar surface area (TPSA) is 54.4 Å². The summed E-state index contributed by atoms with van der Waals surface area (Å²) >= 11 is 0. The van der Waals surface area contributed by atoms with Gasteiger partial charge in [-0.1, -0.05) is 43.3 Å². The second-order valence-corrected chi connectivity index (χ2v) is 7.47. The third-order valence-electron chi connectivity index (χ3n) is 3.53. The summed E-state index contributed by atoms with van der Waals surface area (Å²) in [5, 5.41) is 12.4. The minimum atomic E-state index is -2.94. The van der Waals surface area contributed by atoms with E-state index in [2.05, 4.69) is 0 Å². The minimum absolute atomic E-state index is 0.147. The normalized spacial score (nSPS) is 13.5. The highest BCUT2D eigenvalue weighted by Crippen LogP contribution is 2.23. The number of rotatable bonds is 6. The number of aliphatic hydroxyl groups excluding tert-OH is 1. The summed E-state index contributed by atoms with van der Waals surface area (Å²) < 4.78 is 22.8. The molecule has 0 heterocycles. The molecule has 0 aliphatic rings. The molecule has 20 heavy (non-hydrogen) atoms. The molecule has 0 saturated heterocycles. The van der Waals surface area contributed by atoms with Gasteiger partial charge < -0.3 is 5.11 Å². The highest BCUT2D eigenvalue weighted by atomic mass is 32.2. The Labute approximate surface area is 120 Å². The molecule has 1 unspecified atom stereocenters. The molecule has 0 fully saturated rings. The van der Waals surface area contributed by atoms with Gasteiger partial charge in [-0.05, 0) is 35.2 Å². The molecule has 2 rings (SSSR count). The zero-order valence-electron chi connectivity index (χ0n) is 11.6. The smallest absolute Gasteiger partial charge is 0.150 e. The molecule has 1 N–H and O–H groups in total. The van der Waals surface area contributed by atoms with Crippen LogP contribution in [0.15, 0.2) is 42.5 Å². The lowest BCUT2D eigenvalue weighted by Gasteiger charge is -2.12. The van der Waals surface area contributed by atoms with Crippen LogP contribution in [0.4, 0.5) is 0 Å². The molecule has 1 atom stereocenters. The van der Waals surface area contributed by atoms with Crippen molar-refractivity contribution in [2.45, 2.75) is 25.9 Å². The van der Waals surface area contributed by atoms with Crippen LogP contribution < -0.4 is 0 Å². The molecular weight excluding hydrogens is 272 g/mol. The fourth-order valence-corrected chi connectivity index (χ4v) is 3.12. The van der Waals surface area contributed by atoms with Crippen LogP contribution in [-0.4, -0.2) is 25.0 Å². The van der Waals surface area contributed by atoms with Crippen molar-refractivity contribution >= 4 is 20.6 Å². The molecule has 0 spiro atoms. The van der Waals surface area contributed by atoms with Crippen molar-refractivity contribution in [3.63, 3.8) is 0 Å².